The summed E-state index contributed by atoms with van der Waals surface area (Å²) in [4.78, 5) is 2.35. The van der Waals surface area contributed by atoms with E-state index in [0.29, 0.717) is 6.54 Å². The van der Waals surface area contributed by atoms with E-state index in [1.54, 1.807) is 0 Å². The van der Waals surface area contributed by atoms with Gasteiger partial charge in [0, 0.05) is 12.6 Å². The van der Waals surface area contributed by atoms with Crippen molar-refractivity contribution in [3.63, 3.8) is 0 Å². The minimum Gasteiger partial charge on any atom is -0.395 e. The van der Waals surface area contributed by atoms with Gasteiger partial charge < -0.3 is 10.2 Å². The molecular formula is C32H67NO2. The molecule has 0 radical (unpaired) electrons. The van der Waals surface area contributed by atoms with Crippen LogP contribution in [0.4, 0.5) is 0 Å². The number of hydrogen-bond acceptors (Lipinski definition) is 3. The van der Waals surface area contributed by atoms with Gasteiger partial charge in [0.05, 0.1) is 13.2 Å². The largest absolute Gasteiger partial charge is 0.395 e. The summed E-state index contributed by atoms with van der Waals surface area (Å²) in [6.07, 6.45) is 34.1. The van der Waals surface area contributed by atoms with Gasteiger partial charge in [-0.3, -0.25) is 4.90 Å². The van der Waals surface area contributed by atoms with Gasteiger partial charge in [0.15, 0.2) is 0 Å². The van der Waals surface area contributed by atoms with Gasteiger partial charge in [-0.2, -0.15) is 0 Å². The third-order valence-electron chi connectivity index (χ3n) is 7.80. The Labute approximate surface area is 221 Å². The average molecular weight is 498 g/mol. The van der Waals surface area contributed by atoms with E-state index >= 15 is 0 Å². The second-order valence-electron chi connectivity index (χ2n) is 11.2. The maximum absolute atomic E-state index is 9.93. The van der Waals surface area contributed by atoms with E-state index in [-0.39, 0.29) is 19.3 Å². The summed E-state index contributed by atoms with van der Waals surface area (Å²) < 4.78 is 0. The second-order valence-corrected chi connectivity index (χ2v) is 11.2. The monoisotopic (exact) mass is 498 g/mol. The molecule has 0 saturated carbocycles. The fraction of sp³-hybridized carbons (Fsp3) is 1.00. The minimum atomic E-state index is 0.201. The lowest BCUT2D eigenvalue weighted by atomic mass is 10.0. The van der Waals surface area contributed by atoms with E-state index in [2.05, 4.69) is 18.7 Å². The molecule has 3 heteroatoms. The van der Waals surface area contributed by atoms with Gasteiger partial charge in [-0.1, -0.05) is 162 Å². The van der Waals surface area contributed by atoms with Crippen molar-refractivity contribution in [1.82, 2.24) is 4.90 Å². The molecule has 0 bridgehead atoms. The first-order valence-corrected chi connectivity index (χ1v) is 16.3. The Kier molecular flexibility index (Phi) is 30.0. The maximum Gasteiger partial charge on any atom is 0.0586 e. The van der Waals surface area contributed by atoms with Crippen molar-refractivity contribution in [2.24, 2.45) is 0 Å². The molecule has 1 unspecified atom stereocenters. The summed E-state index contributed by atoms with van der Waals surface area (Å²) in [6.45, 7) is 6.73. The summed E-state index contributed by atoms with van der Waals surface area (Å²) in [5.41, 5.74) is 0. The van der Waals surface area contributed by atoms with Crippen LogP contribution in [0.25, 0.3) is 0 Å². The van der Waals surface area contributed by atoms with Crippen LogP contribution in [0.1, 0.15) is 174 Å². The maximum atomic E-state index is 9.93. The van der Waals surface area contributed by atoms with Crippen LogP contribution < -0.4 is 0 Å². The number of aliphatic hydroxyl groups excluding tert-OH is 2. The van der Waals surface area contributed by atoms with Crippen LogP contribution in [0, 0.1) is 0 Å². The van der Waals surface area contributed by atoms with Gasteiger partial charge >= 0.3 is 0 Å². The fourth-order valence-electron chi connectivity index (χ4n) is 5.37. The molecule has 0 aromatic heterocycles. The summed E-state index contributed by atoms with van der Waals surface area (Å²) in [7, 11) is 0. The Balaban J connectivity index is 3.62. The first-order valence-electron chi connectivity index (χ1n) is 16.3. The molecule has 0 saturated heterocycles. The Hall–Kier alpha value is -0.120. The van der Waals surface area contributed by atoms with Gasteiger partial charge in [0.2, 0.25) is 0 Å². The Morgan fingerprint density at radius 3 is 1.11 bits per heavy atom. The molecule has 0 spiro atoms. The van der Waals surface area contributed by atoms with E-state index in [1.165, 1.54) is 154 Å². The quantitative estimate of drug-likeness (QED) is 0.0971. The molecule has 0 aliphatic carbocycles. The lowest BCUT2D eigenvalue weighted by Crippen LogP contribution is -2.40. The number of hydrogen-bond donors (Lipinski definition) is 2. The highest BCUT2D eigenvalue weighted by Gasteiger charge is 2.16. The molecule has 0 heterocycles. The van der Waals surface area contributed by atoms with Crippen molar-refractivity contribution < 1.29 is 10.2 Å². The van der Waals surface area contributed by atoms with Crippen molar-refractivity contribution in [3.8, 4) is 0 Å². The van der Waals surface area contributed by atoms with Crippen molar-refractivity contribution in [2.75, 3.05) is 26.3 Å². The van der Waals surface area contributed by atoms with Crippen LogP contribution in [0.3, 0.4) is 0 Å². The van der Waals surface area contributed by atoms with Crippen LogP contribution in [0.5, 0.6) is 0 Å². The van der Waals surface area contributed by atoms with Gasteiger partial charge in [-0.25, -0.2) is 0 Å². The van der Waals surface area contributed by atoms with Crippen LogP contribution in [0.15, 0.2) is 0 Å². The highest BCUT2D eigenvalue weighted by Crippen LogP contribution is 2.16. The van der Waals surface area contributed by atoms with Gasteiger partial charge in [0.25, 0.3) is 0 Å². The van der Waals surface area contributed by atoms with E-state index in [9.17, 15) is 10.2 Å². The molecule has 1 atom stereocenters. The normalized spacial score (nSPS) is 12.6. The lowest BCUT2D eigenvalue weighted by Gasteiger charge is -2.30. The highest BCUT2D eigenvalue weighted by atomic mass is 16.3. The minimum absolute atomic E-state index is 0.201. The van der Waals surface area contributed by atoms with Gasteiger partial charge in [-0.15, -0.1) is 0 Å². The van der Waals surface area contributed by atoms with Crippen LogP contribution in [0.2, 0.25) is 0 Å². The number of nitrogens with zero attached hydrogens (tertiary/aromatic N) is 1. The van der Waals surface area contributed by atoms with Gasteiger partial charge in [0.1, 0.15) is 0 Å². The molecule has 212 valence electrons. The predicted molar refractivity (Wildman–Crippen MR) is 156 cm³/mol. The predicted octanol–water partition coefficient (Wildman–Crippen LogP) is 9.43. The first kappa shape index (κ1) is 34.9. The van der Waals surface area contributed by atoms with E-state index in [4.69, 9.17) is 0 Å². The highest BCUT2D eigenvalue weighted by molar-refractivity contribution is 4.71. The fourth-order valence-corrected chi connectivity index (χ4v) is 5.37. The van der Waals surface area contributed by atoms with Crippen LogP contribution in [-0.2, 0) is 0 Å². The summed E-state index contributed by atoms with van der Waals surface area (Å²) in [5, 5.41) is 19.4. The van der Waals surface area contributed by atoms with Crippen molar-refractivity contribution in [1.29, 1.82) is 0 Å². The molecule has 0 aliphatic heterocycles. The zero-order chi connectivity index (χ0) is 25.7. The smallest absolute Gasteiger partial charge is 0.0586 e. The lowest BCUT2D eigenvalue weighted by molar-refractivity contribution is 0.0926. The SMILES string of the molecule is CCCCCCCCCCCCCCCCCCN(CCO)C(CO)CCCCCCCCCC. The number of rotatable bonds is 30. The Morgan fingerprint density at radius 1 is 0.429 bits per heavy atom. The summed E-state index contributed by atoms with van der Waals surface area (Å²) in [6, 6.07) is 0.235. The van der Waals surface area contributed by atoms with Crippen molar-refractivity contribution in [2.45, 2.75) is 180 Å². The molecule has 0 rings (SSSR count). The summed E-state index contributed by atoms with van der Waals surface area (Å²) >= 11 is 0. The Morgan fingerprint density at radius 2 is 0.771 bits per heavy atom. The molecule has 3 nitrogen and oxygen atoms in total. The molecule has 0 aromatic carbocycles. The first-order chi connectivity index (χ1) is 17.3. The molecule has 35 heavy (non-hydrogen) atoms. The number of aliphatic hydroxyl groups is 2. The average Bonchev–Trinajstić information content (AvgIpc) is 2.87. The molecule has 0 aromatic rings. The molecule has 0 aliphatic rings. The van der Waals surface area contributed by atoms with E-state index in [0.717, 1.165) is 13.0 Å². The molecule has 0 fully saturated rings. The van der Waals surface area contributed by atoms with E-state index in [1.807, 2.05) is 0 Å². The molecular weight excluding hydrogens is 430 g/mol. The molecule has 2 N–H and O–H groups in total. The Bertz CT molecular complexity index is 377. The topological polar surface area (TPSA) is 43.7 Å². The van der Waals surface area contributed by atoms with Crippen LogP contribution in [-0.4, -0.2) is 47.5 Å². The second kappa shape index (κ2) is 30.1. The standard InChI is InChI=1S/C32H67NO2/c1-3-5-7-9-11-13-14-15-16-17-18-19-20-22-24-26-28-33(29-30-34)32(31-35)27-25-23-21-12-10-8-6-4-2/h32,34-35H,3-31H2,1-2H3. The number of unbranched alkanes of at least 4 members (excludes halogenated alkanes) is 22. The zero-order valence-corrected chi connectivity index (χ0v) is 24.4. The third kappa shape index (κ3) is 25.3. The van der Waals surface area contributed by atoms with Crippen molar-refractivity contribution >= 4 is 0 Å². The van der Waals surface area contributed by atoms with E-state index < -0.39 is 0 Å². The zero-order valence-electron chi connectivity index (χ0n) is 24.4. The third-order valence-corrected chi connectivity index (χ3v) is 7.80. The van der Waals surface area contributed by atoms with Gasteiger partial charge in [-0.05, 0) is 19.4 Å². The molecule has 0 amide bonds. The summed E-state index contributed by atoms with van der Waals surface area (Å²) in [5.74, 6) is 0. The van der Waals surface area contributed by atoms with Crippen LogP contribution >= 0.6 is 0 Å². The van der Waals surface area contributed by atoms with Crippen molar-refractivity contribution in [3.05, 3.63) is 0 Å².